The molecule has 0 aliphatic carbocycles. The van der Waals surface area contributed by atoms with Crippen molar-refractivity contribution < 1.29 is 0 Å². The van der Waals surface area contributed by atoms with E-state index < -0.39 is 0 Å². The third-order valence-electron chi connectivity index (χ3n) is 4.09. The molecule has 0 saturated heterocycles. The summed E-state index contributed by atoms with van der Waals surface area (Å²) in [6, 6.07) is 10.7. The Morgan fingerprint density at radius 3 is 2.62 bits per heavy atom. The van der Waals surface area contributed by atoms with E-state index in [9.17, 15) is 9.59 Å². The second kappa shape index (κ2) is 5.09. The molecule has 120 valence electrons. The van der Waals surface area contributed by atoms with Crippen molar-refractivity contribution in [2.45, 2.75) is 13.8 Å². The Morgan fingerprint density at radius 1 is 1.08 bits per heavy atom. The number of hydrogen-bond acceptors (Lipinski definition) is 3. The second-order valence-corrected chi connectivity index (χ2v) is 5.73. The van der Waals surface area contributed by atoms with Gasteiger partial charge in [-0.05, 0) is 31.5 Å². The van der Waals surface area contributed by atoms with Crippen LogP contribution in [0.3, 0.4) is 0 Å². The van der Waals surface area contributed by atoms with Gasteiger partial charge in [-0.1, -0.05) is 12.1 Å². The van der Waals surface area contributed by atoms with Crippen LogP contribution in [0.5, 0.6) is 0 Å². The topological polar surface area (TPSA) is 88.5 Å². The predicted molar refractivity (Wildman–Crippen MR) is 91.1 cm³/mol. The summed E-state index contributed by atoms with van der Waals surface area (Å²) in [6.45, 7) is 3.71. The Hall–Kier alpha value is -3.35. The fourth-order valence-electron chi connectivity index (χ4n) is 2.99. The van der Waals surface area contributed by atoms with Gasteiger partial charge in [-0.15, -0.1) is 0 Å². The van der Waals surface area contributed by atoms with Crippen LogP contribution in [0.15, 0.2) is 52.2 Å². The van der Waals surface area contributed by atoms with E-state index >= 15 is 0 Å². The van der Waals surface area contributed by atoms with Crippen LogP contribution in [0.25, 0.3) is 22.4 Å². The van der Waals surface area contributed by atoms with Gasteiger partial charge >= 0.3 is 0 Å². The maximum Gasteiger partial charge on any atom is 0.280 e. The number of hydrogen-bond donors (Lipinski definition) is 2. The molecule has 7 heteroatoms. The smallest absolute Gasteiger partial charge is 0.280 e. The van der Waals surface area contributed by atoms with Gasteiger partial charge in [0.05, 0.1) is 22.8 Å². The molecule has 4 rings (SSSR count). The van der Waals surface area contributed by atoms with Gasteiger partial charge in [-0.25, -0.2) is 4.68 Å². The molecule has 3 aromatic heterocycles. The number of pyridine rings is 1. The van der Waals surface area contributed by atoms with E-state index in [2.05, 4.69) is 15.3 Å². The first-order valence-electron chi connectivity index (χ1n) is 7.50. The summed E-state index contributed by atoms with van der Waals surface area (Å²) >= 11 is 0. The van der Waals surface area contributed by atoms with Gasteiger partial charge in [-0.2, -0.15) is 5.10 Å². The molecule has 2 N–H and O–H groups in total. The number of rotatable bonds is 2. The molecule has 7 nitrogen and oxygen atoms in total. The van der Waals surface area contributed by atoms with Gasteiger partial charge in [0.2, 0.25) is 0 Å². The average molecular weight is 321 g/mol. The Bertz CT molecular complexity index is 1160. The first kappa shape index (κ1) is 14.3. The van der Waals surface area contributed by atoms with E-state index in [1.54, 1.807) is 19.2 Å². The van der Waals surface area contributed by atoms with Gasteiger partial charge in [0.1, 0.15) is 5.82 Å². The first-order valence-corrected chi connectivity index (χ1v) is 7.50. The third kappa shape index (κ3) is 2.02. The lowest BCUT2D eigenvalue weighted by molar-refractivity contribution is 0.862. The van der Waals surface area contributed by atoms with Crippen molar-refractivity contribution in [1.82, 2.24) is 24.5 Å². The summed E-state index contributed by atoms with van der Waals surface area (Å²) in [5.41, 5.74) is 2.43. The molecule has 3 heterocycles. The molecular weight excluding hydrogens is 306 g/mol. The Morgan fingerprint density at radius 2 is 1.92 bits per heavy atom. The second-order valence-electron chi connectivity index (χ2n) is 5.73. The van der Waals surface area contributed by atoms with Crippen LogP contribution in [-0.4, -0.2) is 24.5 Å². The van der Waals surface area contributed by atoms with Crippen molar-refractivity contribution in [2.24, 2.45) is 0 Å². The van der Waals surface area contributed by atoms with Crippen LogP contribution in [0.1, 0.15) is 11.3 Å². The fourth-order valence-corrected chi connectivity index (χ4v) is 2.99. The molecule has 0 saturated carbocycles. The van der Waals surface area contributed by atoms with E-state index in [4.69, 9.17) is 0 Å². The Kier molecular flexibility index (Phi) is 3.02. The van der Waals surface area contributed by atoms with E-state index in [1.165, 1.54) is 15.3 Å². The van der Waals surface area contributed by atoms with Crippen molar-refractivity contribution in [2.75, 3.05) is 0 Å². The summed E-state index contributed by atoms with van der Waals surface area (Å²) in [7, 11) is 0. The number of nitrogens with one attached hydrogen (secondary N) is 2. The summed E-state index contributed by atoms with van der Waals surface area (Å²) in [6.07, 6.45) is 1.56. The van der Waals surface area contributed by atoms with Gasteiger partial charge < -0.3 is 0 Å². The van der Waals surface area contributed by atoms with Gasteiger partial charge in [0.25, 0.3) is 11.1 Å². The van der Waals surface area contributed by atoms with E-state index in [1.807, 2.05) is 31.2 Å². The van der Waals surface area contributed by atoms with Crippen molar-refractivity contribution in [3.63, 3.8) is 0 Å². The minimum Gasteiger partial charge on any atom is -0.290 e. The van der Waals surface area contributed by atoms with Crippen LogP contribution in [-0.2, 0) is 0 Å². The number of aromatic amines is 2. The SMILES string of the molecule is Cc1cccc(-n2[nH]c3cc(=O)n(-c4ccn[nH]4)c(C)c3c2=O)c1. The molecule has 0 amide bonds. The zero-order valence-corrected chi connectivity index (χ0v) is 13.2. The highest BCUT2D eigenvalue weighted by Crippen LogP contribution is 2.16. The standard InChI is InChI=1S/C17H15N5O2/c1-10-4-3-5-12(8-10)22-17(24)16-11(2)21(14-6-7-18-19-14)15(23)9-13(16)20-22/h3-9,20H,1-2H3,(H,18,19). The highest BCUT2D eigenvalue weighted by atomic mass is 16.1. The highest BCUT2D eigenvalue weighted by molar-refractivity contribution is 5.81. The van der Waals surface area contributed by atoms with Crippen molar-refractivity contribution >= 4 is 10.9 Å². The van der Waals surface area contributed by atoms with Crippen LogP contribution >= 0.6 is 0 Å². The van der Waals surface area contributed by atoms with Gasteiger partial charge in [0, 0.05) is 17.8 Å². The average Bonchev–Trinajstić information content (AvgIpc) is 3.16. The number of aryl methyl sites for hydroxylation is 2. The van der Waals surface area contributed by atoms with Crippen LogP contribution in [0.2, 0.25) is 0 Å². The lowest BCUT2D eigenvalue weighted by Gasteiger charge is -2.06. The molecule has 1 aromatic carbocycles. The summed E-state index contributed by atoms with van der Waals surface area (Å²) in [4.78, 5) is 25.3. The summed E-state index contributed by atoms with van der Waals surface area (Å²) in [5, 5.41) is 10.1. The number of aromatic nitrogens is 5. The molecule has 0 spiro atoms. The molecule has 0 aliphatic rings. The molecule has 0 unspecified atom stereocenters. The zero-order chi connectivity index (χ0) is 16.8. The summed E-state index contributed by atoms with van der Waals surface area (Å²) < 4.78 is 2.91. The largest absolute Gasteiger partial charge is 0.290 e. The molecule has 24 heavy (non-hydrogen) atoms. The van der Waals surface area contributed by atoms with E-state index in [0.717, 1.165) is 11.3 Å². The number of H-pyrrole nitrogens is 2. The number of benzene rings is 1. The van der Waals surface area contributed by atoms with Gasteiger partial charge in [-0.3, -0.25) is 24.4 Å². The predicted octanol–water partition coefficient (Wildman–Crippen LogP) is 1.81. The molecule has 0 fully saturated rings. The van der Waals surface area contributed by atoms with Crippen molar-refractivity contribution in [3.8, 4) is 11.5 Å². The monoisotopic (exact) mass is 321 g/mol. The van der Waals surface area contributed by atoms with E-state index in [0.29, 0.717) is 22.4 Å². The highest BCUT2D eigenvalue weighted by Gasteiger charge is 2.16. The molecule has 0 aliphatic heterocycles. The molecule has 4 aromatic rings. The first-order chi connectivity index (χ1) is 11.6. The minimum absolute atomic E-state index is 0.193. The van der Waals surface area contributed by atoms with Crippen LogP contribution in [0.4, 0.5) is 0 Å². The van der Waals surface area contributed by atoms with Gasteiger partial charge in [0.15, 0.2) is 0 Å². The molecule has 0 atom stereocenters. The van der Waals surface area contributed by atoms with Crippen molar-refractivity contribution in [1.29, 1.82) is 0 Å². The normalized spacial score (nSPS) is 11.2. The maximum absolute atomic E-state index is 12.9. The van der Waals surface area contributed by atoms with E-state index in [-0.39, 0.29) is 11.1 Å². The minimum atomic E-state index is -0.234. The Labute approximate surface area is 136 Å². The maximum atomic E-state index is 12.9. The van der Waals surface area contributed by atoms with Crippen molar-refractivity contribution in [3.05, 3.63) is 74.6 Å². The Balaban J connectivity index is 2.06. The molecule has 0 radical (unpaired) electrons. The zero-order valence-electron chi connectivity index (χ0n) is 13.2. The summed E-state index contributed by atoms with van der Waals surface area (Å²) in [5.74, 6) is 0.530. The number of fused-ring (bicyclic) bond motifs is 1. The lowest BCUT2D eigenvalue weighted by Crippen LogP contribution is -2.22. The molecular formula is C17H15N5O2. The lowest BCUT2D eigenvalue weighted by atomic mass is 10.2. The third-order valence-corrected chi connectivity index (χ3v) is 4.09. The quantitative estimate of drug-likeness (QED) is 0.590. The van der Waals surface area contributed by atoms with Crippen LogP contribution < -0.4 is 11.1 Å². The number of nitrogens with zero attached hydrogens (tertiary/aromatic N) is 3. The fraction of sp³-hybridized carbons (Fsp3) is 0.118. The molecule has 0 bridgehead atoms. The van der Waals surface area contributed by atoms with Crippen LogP contribution in [0, 0.1) is 13.8 Å².